The lowest BCUT2D eigenvalue weighted by molar-refractivity contribution is 1.16. The number of para-hydroxylation sites is 1. The molecule has 4 aromatic heterocycles. The van der Waals surface area contributed by atoms with Crippen LogP contribution >= 0.6 is 22.7 Å². The summed E-state index contributed by atoms with van der Waals surface area (Å²) in [7, 11) is 0. The van der Waals surface area contributed by atoms with E-state index in [2.05, 4.69) is 113 Å². The van der Waals surface area contributed by atoms with Crippen LogP contribution < -0.4 is 0 Å². The molecule has 7 aromatic carbocycles. The number of hydrogen-bond acceptors (Lipinski definition) is 5. The van der Waals surface area contributed by atoms with Gasteiger partial charge in [0.15, 0.2) is 5.82 Å². The van der Waals surface area contributed by atoms with E-state index in [9.17, 15) is 5.26 Å². The molecule has 0 aliphatic rings. The Morgan fingerprint density at radius 3 is 1.87 bits per heavy atom. The molecule has 0 spiro atoms. The van der Waals surface area contributed by atoms with Crippen molar-refractivity contribution in [3.63, 3.8) is 0 Å². The number of nitrogens with zero attached hydrogens (tertiary/aromatic N) is 5. The molecule has 5 nitrogen and oxygen atoms in total. The van der Waals surface area contributed by atoms with E-state index >= 15 is 0 Å². The van der Waals surface area contributed by atoms with Crippen molar-refractivity contribution in [2.75, 3.05) is 0 Å². The Hall–Kier alpha value is -7.16. The molecule has 0 amide bonds. The van der Waals surface area contributed by atoms with Crippen LogP contribution in [0.5, 0.6) is 0 Å². The highest BCUT2D eigenvalue weighted by Crippen LogP contribution is 2.43. The average molecular weight is 736 g/mol. The lowest BCUT2D eigenvalue weighted by Crippen LogP contribution is -2.01. The van der Waals surface area contributed by atoms with Gasteiger partial charge in [-0.1, -0.05) is 91.0 Å². The molecule has 0 bridgehead atoms. The summed E-state index contributed by atoms with van der Waals surface area (Å²) in [6.45, 7) is 8.46. The molecule has 55 heavy (non-hydrogen) atoms. The molecule has 0 aliphatic heterocycles. The third-order valence-corrected chi connectivity index (χ3v) is 12.8. The van der Waals surface area contributed by atoms with Crippen LogP contribution in [0.15, 0.2) is 152 Å². The summed E-state index contributed by atoms with van der Waals surface area (Å²) in [5.41, 5.74) is 7.10. The first-order chi connectivity index (χ1) is 27.2. The van der Waals surface area contributed by atoms with Crippen LogP contribution in [0.25, 0.3) is 107 Å². The minimum Gasteiger partial charge on any atom is -0.319 e. The zero-order valence-electron chi connectivity index (χ0n) is 29.0. The van der Waals surface area contributed by atoms with Crippen molar-refractivity contribution in [1.82, 2.24) is 14.5 Å². The Labute approximate surface area is 323 Å². The molecule has 0 aliphatic carbocycles. The second kappa shape index (κ2) is 12.2. The zero-order chi connectivity index (χ0) is 36.6. The summed E-state index contributed by atoms with van der Waals surface area (Å²) >= 11 is 3.55. The predicted molar refractivity (Wildman–Crippen MR) is 229 cm³/mol. The molecule has 11 aromatic rings. The van der Waals surface area contributed by atoms with E-state index in [0.717, 1.165) is 44.0 Å². The highest BCUT2D eigenvalue weighted by molar-refractivity contribution is 7.26. The number of nitriles is 1. The Morgan fingerprint density at radius 1 is 0.509 bits per heavy atom. The van der Waals surface area contributed by atoms with Gasteiger partial charge in [0.2, 0.25) is 5.69 Å². The van der Waals surface area contributed by atoms with Crippen molar-refractivity contribution in [2.45, 2.75) is 0 Å². The fourth-order valence-electron chi connectivity index (χ4n) is 7.97. The summed E-state index contributed by atoms with van der Waals surface area (Å²) in [6, 6.07) is 54.3. The van der Waals surface area contributed by atoms with Gasteiger partial charge in [0.05, 0.1) is 34.7 Å². The van der Waals surface area contributed by atoms with Crippen molar-refractivity contribution in [1.29, 1.82) is 5.26 Å². The zero-order valence-corrected chi connectivity index (χ0v) is 30.6. The fraction of sp³-hybridized carbons (Fsp3) is 0. The van der Waals surface area contributed by atoms with E-state index < -0.39 is 0 Å². The Kier molecular flexibility index (Phi) is 6.96. The maximum atomic E-state index is 10.7. The van der Waals surface area contributed by atoms with Gasteiger partial charge in [0, 0.05) is 62.2 Å². The Balaban J connectivity index is 1.13. The standard InChI is InChI=1S/C48H25N5S2/c1-50-38-24-29(19-21-40(38)53-39-16-8-5-13-31(39)34-25-36-33-15-7-10-18-43(33)55-45(36)26-41(34)53)47-37(27-49)46(28-11-3-2-4-12-28)51-48(52-47)30-20-22-44-35(23-30)32-14-6-9-17-42(32)54-44/h2-26H. The smallest absolute Gasteiger partial charge is 0.211 e. The first kappa shape index (κ1) is 31.4. The van der Waals surface area contributed by atoms with Crippen LogP contribution in [0.1, 0.15) is 5.56 Å². The molecule has 7 heteroatoms. The van der Waals surface area contributed by atoms with Crippen molar-refractivity contribution in [2.24, 2.45) is 0 Å². The lowest BCUT2D eigenvalue weighted by Gasteiger charge is -2.15. The monoisotopic (exact) mass is 735 g/mol. The highest BCUT2D eigenvalue weighted by Gasteiger charge is 2.22. The van der Waals surface area contributed by atoms with Gasteiger partial charge in [-0.3, -0.25) is 0 Å². The molecule has 0 saturated heterocycles. The second-order valence-electron chi connectivity index (χ2n) is 13.5. The summed E-state index contributed by atoms with van der Waals surface area (Å²) < 4.78 is 7.08. The van der Waals surface area contributed by atoms with Crippen LogP contribution in [0.2, 0.25) is 0 Å². The molecule has 11 rings (SSSR count). The summed E-state index contributed by atoms with van der Waals surface area (Å²) in [5.74, 6) is 0.522. The van der Waals surface area contributed by atoms with Crippen LogP contribution in [0, 0.1) is 17.9 Å². The van der Waals surface area contributed by atoms with Gasteiger partial charge < -0.3 is 4.57 Å². The summed E-state index contributed by atoms with van der Waals surface area (Å²) in [4.78, 5) is 14.3. The van der Waals surface area contributed by atoms with Crippen LogP contribution in [-0.2, 0) is 0 Å². The Morgan fingerprint density at radius 2 is 1.13 bits per heavy atom. The van der Waals surface area contributed by atoms with Crippen molar-refractivity contribution >= 4 is 90.5 Å². The predicted octanol–water partition coefficient (Wildman–Crippen LogP) is 13.7. The third kappa shape index (κ3) is 4.82. The Bertz CT molecular complexity index is 3470. The second-order valence-corrected chi connectivity index (χ2v) is 15.7. The van der Waals surface area contributed by atoms with Gasteiger partial charge in [-0.2, -0.15) is 5.26 Å². The highest BCUT2D eigenvalue weighted by atomic mass is 32.1. The van der Waals surface area contributed by atoms with Crippen LogP contribution in [0.4, 0.5) is 5.69 Å². The quantitative estimate of drug-likeness (QED) is 0.169. The molecule has 0 unspecified atom stereocenters. The lowest BCUT2D eigenvalue weighted by atomic mass is 9.99. The minimum absolute atomic E-state index is 0.365. The number of aromatic nitrogens is 3. The van der Waals surface area contributed by atoms with Gasteiger partial charge in [-0.25, -0.2) is 14.8 Å². The molecule has 0 radical (unpaired) electrons. The fourth-order valence-corrected chi connectivity index (χ4v) is 10.2. The van der Waals surface area contributed by atoms with E-state index in [1.807, 2.05) is 54.6 Å². The normalized spacial score (nSPS) is 11.6. The van der Waals surface area contributed by atoms with Gasteiger partial charge in [-0.15, -0.1) is 22.7 Å². The van der Waals surface area contributed by atoms with Gasteiger partial charge in [0.25, 0.3) is 0 Å². The number of benzene rings is 7. The first-order valence-electron chi connectivity index (χ1n) is 17.8. The van der Waals surface area contributed by atoms with Crippen molar-refractivity contribution < 1.29 is 0 Å². The molecule has 0 fully saturated rings. The molecular formula is C48H25N5S2. The summed E-state index contributed by atoms with van der Waals surface area (Å²) in [6.07, 6.45) is 0. The van der Waals surface area contributed by atoms with Crippen molar-refractivity contribution in [3.8, 4) is 45.7 Å². The SMILES string of the molecule is [C-]#[N+]c1cc(-c2nc(-c3ccc4sc5ccccc5c4c3)nc(-c3ccccc3)c2C#N)ccc1-n1c2ccccc2c2cc3c(cc21)sc1ccccc13. The number of thiophene rings is 2. The summed E-state index contributed by atoms with van der Waals surface area (Å²) in [5, 5.41) is 17.8. The van der Waals surface area contributed by atoms with E-state index in [4.69, 9.17) is 16.5 Å². The molecule has 4 heterocycles. The maximum Gasteiger partial charge on any atom is 0.211 e. The van der Waals surface area contributed by atoms with Gasteiger partial charge in [-0.05, 0) is 66.2 Å². The maximum absolute atomic E-state index is 10.7. The number of hydrogen-bond donors (Lipinski definition) is 0. The van der Waals surface area contributed by atoms with E-state index in [1.165, 1.54) is 35.0 Å². The van der Waals surface area contributed by atoms with Gasteiger partial charge in [0.1, 0.15) is 11.6 Å². The van der Waals surface area contributed by atoms with Crippen molar-refractivity contribution in [3.05, 3.63) is 169 Å². The molecule has 0 atom stereocenters. The number of rotatable bonds is 4. The molecular weight excluding hydrogens is 711 g/mol. The largest absolute Gasteiger partial charge is 0.319 e. The topological polar surface area (TPSA) is 58.9 Å². The average Bonchev–Trinajstić information content (AvgIpc) is 3.91. The third-order valence-electron chi connectivity index (χ3n) is 10.5. The van der Waals surface area contributed by atoms with E-state index in [1.54, 1.807) is 22.7 Å². The molecule has 254 valence electrons. The number of fused-ring (bicyclic) bond motifs is 9. The van der Waals surface area contributed by atoms with Crippen LogP contribution in [0.3, 0.4) is 0 Å². The van der Waals surface area contributed by atoms with E-state index in [0.29, 0.717) is 34.0 Å². The van der Waals surface area contributed by atoms with Gasteiger partial charge >= 0.3 is 0 Å². The molecule has 0 saturated carbocycles. The first-order valence-corrected chi connectivity index (χ1v) is 19.5. The van der Waals surface area contributed by atoms with E-state index in [-0.39, 0.29) is 0 Å². The van der Waals surface area contributed by atoms with Crippen LogP contribution in [-0.4, -0.2) is 14.5 Å². The minimum atomic E-state index is 0.365. The molecule has 0 N–H and O–H groups in total.